The van der Waals surface area contributed by atoms with Crippen LogP contribution in [0.3, 0.4) is 0 Å². The van der Waals surface area contributed by atoms with Gasteiger partial charge in [-0.15, -0.1) is 0 Å². The molecule has 2 rings (SSSR count). The summed E-state index contributed by atoms with van der Waals surface area (Å²) < 4.78 is 11.1. The summed E-state index contributed by atoms with van der Waals surface area (Å²) in [6, 6.07) is 7.63. The van der Waals surface area contributed by atoms with E-state index in [9.17, 15) is 4.79 Å². The van der Waals surface area contributed by atoms with Gasteiger partial charge in [-0.2, -0.15) is 11.8 Å². The molecule has 1 aliphatic heterocycles. The minimum Gasteiger partial charge on any atom is -0.497 e. The van der Waals surface area contributed by atoms with Gasteiger partial charge in [0.1, 0.15) is 17.6 Å². The Hall–Kier alpha value is -1.36. The molecular weight excluding hydrogens is 274 g/mol. The van der Waals surface area contributed by atoms with Gasteiger partial charge in [-0.05, 0) is 30.5 Å². The molecule has 0 atom stereocenters. The van der Waals surface area contributed by atoms with Crippen LogP contribution in [0, 0.1) is 0 Å². The molecule has 1 aromatic rings. The smallest absolute Gasteiger partial charge is 0.232 e. The highest BCUT2D eigenvalue weighted by atomic mass is 32.2. The van der Waals surface area contributed by atoms with Gasteiger partial charge in [-0.25, -0.2) is 0 Å². The first-order chi connectivity index (χ1) is 9.72. The third-order valence-corrected chi connectivity index (χ3v) is 3.96. The van der Waals surface area contributed by atoms with Gasteiger partial charge in [0.05, 0.1) is 12.9 Å². The van der Waals surface area contributed by atoms with E-state index in [-0.39, 0.29) is 12.0 Å². The summed E-state index contributed by atoms with van der Waals surface area (Å²) in [6.07, 6.45) is 3.94. The molecule has 0 bridgehead atoms. The van der Waals surface area contributed by atoms with Gasteiger partial charge >= 0.3 is 0 Å². The number of carbonyl (C=O) groups excluding carboxylic acids is 1. The second kappa shape index (κ2) is 7.43. The lowest BCUT2D eigenvalue weighted by molar-refractivity contribution is -0.130. The van der Waals surface area contributed by atoms with Crippen molar-refractivity contribution in [2.24, 2.45) is 0 Å². The van der Waals surface area contributed by atoms with Crippen molar-refractivity contribution in [2.75, 3.05) is 32.2 Å². The van der Waals surface area contributed by atoms with Crippen molar-refractivity contribution in [1.82, 2.24) is 4.90 Å². The monoisotopic (exact) mass is 295 g/mol. The number of benzene rings is 1. The zero-order valence-corrected chi connectivity index (χ0v) is 12.8. The first-order valence-corrected chi connectivity index (χ1v) is 8.19. The summed E-state index contributed by atoms with van der Waals surface area (Å²) >= 11 is 1.58. The number of hydrogen-bond acceptors (Lipinski definition) is 4. The summed E-state index contributed by atoms with van der Waals surface area (Å²) in [7, 11) is 1.65. The lowest BCUT2D eigenvalue weighted by Gasteiger charge is -2.32. The Morgan fingerprint density at radius 3 is 2.40 bits per heavy atom. The molecule has 5 heteroatoms. The number of amides is 1. The summed E-state index contributed by atoms with van der Waals surface area (Å²) in [5.41, 5.74) is 0. The van der Waals surface area contributed by atoms with Crippen LogP contribution in [0.2, 0.25) is 0 Å². The number of hydrogen-bond donors (Lipinski definition) is 0. The second-order valence-corrected chi connectivity index (χ2v) is 5.67. The van der Waals surface area contributed by atoms with E-state index in [2.05, 4.69) is 0 Å². The number of rotatable bonds is 5. The minimum atomic E-state index is 0.196. The molecule has 110 valence electrons. The Morgan fingerprint density at radius 1 is 1.25 bits per heavy atom. The van der Waals surface area contributed by atoms with Gasteiger partial charge in [0, 0.05) is 25.9 Å². The van der Waals surface area contributed by atoms with E-state index in [1.54, 1.807) is 18.9 Å². The average molecular weight is 295 g/mol. The van der Waals surface area contributed by atoms with Crippen LogP contribution in [-0.4, -0.2) is 49.1 Å². The molecule has 1 saturated heterocycles. The van der Waals surface area contributed by atoms with E-state index >= 15 is 0 Å². The minimum absolute atomic E-state index is 0.196. The Bertz CT molecular complexity index is 427. The number of likely N-dealkylation sites (tertiary alicyclic amines) is 1. The average Bonchev–Trinajstić information content (AvgIpc) is 2.49. The Labute approximate surface area is 124 Å². The van der Waals surface area contributed by atoms with Crippen molar-refractivity contribution in [3.8, 4) is 11.5 Å². The maximum absolute atomic E-state index is 11.8. The third kappa shape index (κ3) is 4.07. The molecule has 0 unspecified atom stereocenters. The molecule has 1 fully saturated rings. The summed E-state index contributed by atoms with van der Waals surface area (Å²) in [6.45, 7) is 1.58. The van der Waals surface area contributed by atoms with E-state index in [1.165, 1.54) is 0 Å². The van der Waals surface area contributed by atoms with Crippen LogP contribution >= 0.6 is 11.8 Å². The zero-order chi connectivity index (χ0) is 14.4. The van der Waals surface area contributed by atoms with Gasteiger partial charge in [0.15, 0.2) is 0 Å². The normalized spacial score (nSPS) is 16.0. The van der Waals surface area contributed by atoms with Gasteiger partial charge in [0.25, 0.3) is 0 Å². The predicted molar refractivity (Wildman–Crippen MR) is 81.6 cm³/mol. The molecule has 1 aliphatic rings. The molecule has 4 nitrogen and oxygen atoms in total. The maximum Gasteiger partial charge on any atom is 0.232 e. The number of nitrogens with zero attached hydrogens (tertiary/aromatic N) is 1. The van der Waals surface area contributed by atoms with Crippen LogP contribution in [0.4, 0.5) is 0 Å². The molecule has 0 aromatic heterocycles. The molecule has 1 heterocycles. The first-order valence-electron chi connectivity index (χ1n) is 6.80. The van der Waals surface area contributed by atoms with Crippen LogP contribution in [0.5, 0.6) is 11.5 Å². The highest BCUT2D eigenvalue weighted by Gasteiger charge is 2.23. The van der Waals surface area contributed by atoms with Crippen molar-refractivity contribution < 1.29 is 14.3 Å². The van der Waals surface area contributed by atoms with E-state index in [0.29, 0.717) is 5.75 Å². The van der Waals surface area contributed by atoms with Gasteiger partial charge < -0.3 is 14.4 Å². The van der Waals surface area contributed by atoms with Crippen LogP contribution in [0.1, 0.15) is 12.8 Å². The van der Waals surface area contributed by atoms with Crippen molar-refractivity contribution in [1.29, 1.82) is 0 Å². The number of methoxy groups -OCH3 is 1. The van der Waals surface area contributed by atoms with Gasteiger partial charge in [0.2, 0.25) is 5.91 Å². The van der Waals surface area contributed by atoms with E-state index in [0.717, 1.165) is 37.4 Å². The number of thioether (sulfide) groups is 1. The topological polar surface area (TPSA) is 38.8 Å². The molecule has 1 amide bonds. The summed E-state index contributed by atoms with van der Waals surface area (Å²) in [5, 5.41) is 0. The maximum atomic E-state index is 11.8. The molecule has 0 radical (unpaired) electrons. The first kappa shape index (κ1) is 15.0. The van der Waals surface area contributed by atoms with Crippen molar-refractivity contribution >= 4 is 17.7 Å². The molecule has 0 spiro atoms. The molecular formula is C15H21NO3S. The largest absolute Gasteiger partial charge is 0.497 e. The van der Waals surface area contributed by atoms with E-state index in [1.807, 2.05) is 35.4 Å². The molecule has 0 N–H and O–H groups in total. The molecule has 0 aliphatic carbocycles. The third-order valence-electron chi connectivity index (χ3n) is 3.42. The summed E-state index contributed by atoms with van der Waals surface area (Å²) in [4.78, 5) is 13.7. The predicted octanol–water partition coefficient (Wildman–Crippen LogP) is 2.43. The highest BCUT2D eigenvalue weighted by molar-refractivity contribution is 7.99. The lowest BCUT2D eigenvalue weighted by atomic mass is 10.1. The van der Waals surface area contributed by atoms with E-state index < -0.39 is 0 Å². The van der Waals surface area contributed by atoms with Gasteiger partial charge in [-0.3, -0.25) is 4.79 Å². The SMILES string of the molecule is COc1ccc(OC2CCN(C(=O)CSC)CC2)cc1. The number of ether oxygens (including phenoxy) is 2. The Kier molecular flexibility index (Phi) is 5.59. The quantitative estimate of drug-likeness (QED) is 0.836. The van der Waals surface area contributed by atoms with Crippen molar-refractivity contribution in [3.05, 3.63) is 24.3 Å². The van der Waals surface area contributed by atoms with Crippen LogP contribution in [0.15, 0.2) is 24.3 Å². The number of carbonyl (C=O) groups is 1. The van der Waals surface area contributed by atoms with Crippen LogP contribution in [0.25, 0.3) is 0 Å². The van der Waals surface area contributed by atoms with Crippen molar-refractivity contribution in [2.45, 2.75) is 18.9 Å². The second-order valence-electron chi connectivity index (χ2n) is 4.81. The zero-order valence-electron chi connectivity index (χ0n) is 12.0. The highest BCUT2D eigenvalue weighted by Crippen LogP contribution is 2.22. The van der Waals surface area contributed by atoms with Crippen molar-refractivity contribution in [3.63, 3.8) is 0 Å². The standard InChI is InChI=1S/C15H21NO3S/c1-18-12-3-5-13(6-4-12)19-14-7-9-16(10-8-14)15(17)11-20-2/h3-6,14H,7-11H2,1-2H3. The van der Waals surface area contributed by atoms with Crippen LogP contribution in [-0.2, 0) is 4.79 Å². The van der Waals surface area contributed by atoms with Gasteiger partial charge in [-0.1, -0.05) is 0 Å². The Morgan fingerprint density at radius 2 is 1.85 bits per heavy atom. The van der Waals surface area contributed by atoms with Crippen LogP contribution < -0.4 is 9.47 Å². The molecule has 1 aromatic carbocycles. The Balaban J connectivity index is 1.80. The van der Waals surface area contributed by atoms with E-state index in [4.69, 9.17) is 9.47 Å². The fourth-order valence-corrected chi connectivity index (χ4v) is 2.71. The fraction of sp³-hybridized carbons (Fsp3) is 0.533. The number of piperidine rings is 1. The molecule has 20 heavy (non-hydrogen) atoms. The molecule has 0 saturated carbocycles. The fourth-order valence-electron chi connectivity index (χ4n) is 2.28. The summed E-state index contributed by atoms with van der Waals surface area (Å²) in [5.74, 6) is 2.50. The lowest BCUT2D eigenvalue weighted by Crippen LogP contribution is -2.42.